The van der Waals surface area contributed by atoms with Gasteiger partial charge in [0, 0.05) is 13.1 Å². The Morgan fingerprint density at radius 1 is 1.11 bits per heavy atom. The summed E-state index contributed by atoms with van der Waals surface area (Å²) in [6.07, 6.45) is 9.01. The van der Waals surface area contributed by atoms with Crippen LogP contribution >= 0.6 is 0 Å². The number of carbonyl (C=O) groups is 1. The summed E-state index contributed by atoms with van der Waals surface area (Å²) in [7, 11) is 2.04. The minimum atomic E-state index is 0.117. The van der Waals surface area contributed by atoms with Gasteiger partial charge in [-0.15, -0.1) is 0 Å². The lowest BCUT2D eigenvalue weighted by Crippen LogP contribution is -2.51. The molecule has 3 rings (SSSR count). The number of likely N-dealkylation sites (N-methyl/N-ethyl adjacent to an activating group) is 1. The molecule has 0 bridgehead atoms. The molecule has 19 heavy (non-hydrogen) atoms. The summed E-state index contributed by atoms with van der Waals surface area (Å²) in [6, 6.07) is 0.593. The molecule has 0 aromatic heterocycles. The second-order valence-electron chi connectivity index (χ2n) is 7.02. The van der Waals surface area contributed by atoms with Gasteiger partial charge in [-0.1, -0.05) is 26.2 Å². The van der Waals surface area contributed by atoms with Crippen molar-refractivity contribution in [1.82, 2.24) is 10.2 Å². The molecule has 3 fully saturated rings. The van der Waals surface area contributed by atoms with Crippen molar-refractivity contribution in [1.29, 1.82) is 0 Å². The van der Waals surface area contributed by atoms with Gasteiger partial charge in [-0.05, 0) is 50.0 Å². The summed E-state index contributed by atoms with van der Waals surface area (Å²) in [5, 5.41) is 3.50. The van der Waals surface area contributed by atoms with Gasteiger partial charge in [-0.25, -0.2) is 0 Å². The van der Waals surface area contributed by atoms with Crippen molar-refractivity contribution in [3.63, 3.8) is 0 Å². The maximum Gasteiger partial charge on any atom is 0.240 e. The number of amides is 1. The van der Waals surface area contributed by atoms with E-state index >= 15 is 0 Å². The normalized spacial score (nSPS) is 42.1. The molecule has 3 heteroatoms. The van der Waals surface area contributed by atoms with E-state index in [2.05, 4.69) is 17.1 Å². The standard InChI is InChI=1S/C16H28N2O/c1-11-6-3-4-9-14(11)18(2)16(19)15-13-8-5-7-12(13)10-17-15/h11-15,17H,3-10H2,1-2H3. The minimum absolute atomic E-state index is 0.117. The first-order valence-electron chi connectivity index (χ1n) is 8.18. The van der Waals surface area contributed by atoms with Crippen molar-refractivity contribution < 1.29 is 4.79 Å². The molecule has 1 aliphatic heterocycles. The predicted octanol–water partition coefficient (Wildman–Crippen LogP) is 2.41. The average molecular weight is 264 g/mol. The molecule has 5 unspecified atom stereocenters. The van der Waals surface area contributed by atoms with Crippen molar-refractivity contribution in [3.8, 4) is 0 Å². The van der Waals surface area contributed by atoms with E-state index in [1.54, 1.807) is 0 Å². The highest BCUT2D eigenvalue weighted by Crippen LogP contribution is 2.39. The molecule has 0 aromatic rings. The quantitative estimate of drug-likeness (QED) is 0.830. The molecule has 3 aliphatic rings. The fourth-order valence-electron chi connectivity index (χ4n) is 4.71. The van der Waals surface area contributed by atoms with Crippen LogP contribution in [0.1, 0.15) is 51.9 Å². The molecule has 108 valence electrons. The SMILES string of the molecule is CC1CCCCC1N(C)C(=O)C1NCC2CCCC21. The van der Waals surface area contributed by atoms with E-state index < -0.39 is 0 Å². The third-order valence-electron chi connectivity index (χ3n) is 5.92. The van der Waals surface area contributed by atoms with Crippen LogP contribution in [0.2, 0.25) is 0 Å². The van der Waals surface area contributed by atoms with Crippen molar-refractivity contribution in [3.05, 3.63) is 0 Å². The third-order valence-corrected chi connectivity index (χ3v) is 5.92. The van der Waals surface area contributed by atoms with Gasteiger partial charge in [0.2, 0.25) is 5.91 Å². The molecule has 2 saturated carbocycles. The van der Waals surface area contributed by atoms with Crippen LogP contribution in [0.25, 0.3) is 0 Å². The Labute approximate surface area is 117 Å². The van der Waals surface area contributed by atoms with Crippen LogP contribution in [-0.2, 0) is 4.79 Å². The van der Waals surface area contributed by atoms with Gasteiger partial charge in [-0.3, -0.25) is 4.79 Å². The molecule has 0 spiro atoms. The zero-order valence-electron chi connectivity index (χ0n) is 12.4. The van der Waals surface area contributed by atoms with Gasteiger partial charge in [0.15, 0.2) is 0 Å². The Morgan fingerprint density at radius 3 is 2.68 bits per heavy atom. The van der Waals surface area contributed by atoms with Gasteiger partial charge in [0.1, 0.15) is 0 Å². The van der Waals surface area contributed by atoms with Crippen LogP contribution in [-0.4, -0.2) is 36.5 Å². The molecule has 5 atom stereocenters. The lowest BCUT2D eigenvalue weighted by Gasteiger charge is -2.38. The topological polar surface area (TPSA) is 32.3 Å². The first-order valence-corrected chi connectivity index (χ1v) is 8.18. The maximum absolute atomic E-state index is 12.8. The van der Waals surface area contributed by atoms with Crippen molar-refractivity contribution in [2.75, 3.05) is 13.6 Å². The highest BCUT2D eigenvalue weighted by atomic mass is 16.2. The number of hydrogen-bond acceptors (Lipinski definition) is 2. The van der Waals surface area contributed by atoms with Gasteiger partial charge in [-0.2, -0.15) is 0 Å². The Bertz CT molecular complexity index is 344. The predicted molar refractivity (Wildman–Crippen MR) is 76.8 cm³/mol. The number of nitrogens with zero attached hydrogens (tertiary/aromatic N) is 1. The number of nitrogens with one attached hydrogen (secondary N) is 1. The highest BCUT2D eigenvalue weighted by molar-refractivity contribution is 5.82. The summed E-state index contributed by atoms with van der Waals surface area (Å²) < 4.78 is 0. The number of carbonyl (C=O) groups excluding carboxylic acids is 1. The fraction of sp³-hybridized carbons (Fsp3) is 0.938. The smallest absolute Gasteiger partial charge is 0.240 e. The average Bonchev–Trinajstić information content (AvgIpc) is 3.00. The molecule has 1 saturated heterocycles. The van der Waals surface area contributed by atoms with E-state index in [0.29, 0.717) is 23.8 Å². The minimum Gasteiger partial charge on any atom is -0.341 e. The number of hydrogen-bond donors (Lipinski definition) is 1. The largest absolute Gasteiger partial charge is 0.341 e. The van der Waals surface area contributed by atoms with E-state index in [-0.39, 0.29) is 6.04 Å². The summed E-state index contributed by atoms with van der Waals surface area (Å²) in [5.74, 6) is 2.43. The Hall–Kier alpha value is -0.570. The van der Waals surface area contributed by atoms with Crippen LogP contribution < -0.4 is 5.32 Å². The molecular formula is C16H28N2O. The molecule has 0 radical (unpaired) electrons. The highest BCUT2D eigenvalue weighted by Gasteiger charge is 2.44. The van der Waals surface area contributed by atoms with Crippen molar-refractivity contribution in [2.24, 2.45) is 17.8 Å². The maximum atomic E-state index is 12.8. The van der Waals surface area contributed by atoms with Gasteiger partial charge in [0.05, 0.1) is 6.04 Å². The van der Waals surface area contributed by atoms with E-state index in [4.69, 9.17) is 0 Å². The second-order valence-corrected chi connectivity index (χ2v) is 7.02. The van der Waals surface area contributed by atoms with Crippen molar-refractivity contribution >= 4 is 5.91 Å². The van der Waals surface area contributed by atoms with Gasteiger partial charge < -0.3 is 10.2 Å². The molecule has 1 N–H and O–H groups in total. The lowest BCUT2D eigenvalue weighted by atomic mass is 9.84. The van der Waals surface area contributed by atoms with Crippen LogP contribution in [0, 0.1) is 17.8 Å². The van der Waals surface area contributed by atoms with E-state index in [0.717, 1.165) is 12.5 Å². The Kier molecular flexibility index (Phi) is 3.84. The Morgan fingerprint density at radius 2 is 1.89 bits per heavy atom. The number of fused-ring (bicyclic) bond motifs is 1. The van der Waals surface area contributed by atoms with E-state index in [1.807, 2.05) is 7.05 Å². The van der Waals surface area contributed by atoms with E-state index in [9.17, 15) is 4.79 Å². The van der Waals surface area contributed by atoms with Crippen LogP contribution in [0.4, 0.5) is 0 Å². The summed E-state index contributed by atoms with van der Waals surface area (Å²) in [4.78, 5) is 14.9. The zero-order chi connectivity index (χ0) is 13.4. The fourth-order valence-corrected chi connectivity index (χ4v) is 4.71. The molecule has 1 amide bonds. The third kappa shape index (κ3) is 2.42. The molecule has 3 nitrogen and oxygen atoms in total. The van der Waals surface area contributed by atoms with Gasteiger partial charge >= 0.3 is 0 Å². The molecule has 2 aliphatic carbocycles. The first kappa shape index (κ1) is 13.4. The first-order chi connectivity index (χ1) is 9.18. The van der Waals surface area contributed by atoms with Gasteiger partial charge in [0.25, 0.3) is 0 Å². The number of rotatable bonds is 2. The van der Waals surface area contributed by atoms with Crippen LogP contribution in [0.5, 0.6) is 0 Å². The molecule has 1 heterocycles. The monoisotopic (exact) mass is 264 g/mol. The second kappa shape index (κ2) is 5.43. The van der Waals surface area contributed by atoms with Crippen molar-refractivity contribution in [2.45, 2.75) is 64.0 Å². The zero-order valence-corrected chi connectivity index (χ0v) is 12.4. The summed E-state index contributed by atoms with van der Waals surface area (Å²) >= 11 is 0. The molecular weight excluding hydrogens is 236 g/mol. The Balaban J connectivity index is 1.66. The van der Waals surface area contributed by atoms with E-state index in [1.165, 1.54) is 44.9 Å². The lowest BCUT2D eigenvalue weighted by molar-refractivity contribution is -0.136. The summed E-state index contributed by atoms with van der Waals surface area (Å²) in [6.45, 7) is 3.38. The summed E-state index contributed by atoms with van der Waals surface area (Å²) in [5.41, 5.74) is 0. The molecule has 0 aromatic carbocycles. The van der Waals surface area contributed by atoms with Crippen LogP contribution in [0.15, 0.2) is 0 Å². The van der Waals surface area contributed by atoms with Crippen LogP contribution in [0.3, 0.4) is 0 Å².